The molecule has 2 atom stereocenters. The molecule has 0 amide bonds. The second kappa shape index (κ2) is 72.7. The molecule has 0 heterocycles. The maximum Gasteiger partial charge on any atom is 0.306 e. The van der Waals surface area contributed by atoms with Gasteiger partial charge in [-0.2, -0.15) is 0 Å². The van der Waals surface area contributed by atoms with Gasteiger partial charge in [-0.25, -0.2) is 0 Å². The molecule has 524 valence electrons. The summed E-state index contributed by atoms with van der Waals surface area (Å²) in [4.78, 5) is 37.5. The zero-order valence-electron chi connectivity index (χ0n) is 59.7. The van der Waals surface area contributed by atoms with Crippen LogP contribution in [0.2, 0.25) is 0 Å². The zero-order valence-corrected chi connectivity index (χ0v) is 59.7. The van der Waals surface area contributed by atoms with Crippen LogP contribution in [0.1, 0.15) is 206 Å². The predicted octanol–water partition coefficient (Wildman–Crippen LogP) is 21.7. The number of allylic oxidation sites excluding steroid dienone is 42. The SMILES string of the molecule is CC/C=C\C/C=C\C/C=C\C/C=C\C/C=C\C/C=C\C/C=C\C/C=C\C/C=C\C/C=C\C/C=C\C/C=C\CCCCCCC(=O)OC(COC(=O)CCC/C=C\C/C=C\C/C=C\C/C=C\C/C=C\C/C=C\C/C=C\C/C=C\C/C=C\CC)COC(OCC[N+](C)(C)C)C(=O)[O-]. The first kappa shape index (κ1) is 87.8. The normalized spacial score (nSPS) is 14.2. The summed E-state index contributed by atoms with van der Waals surface area (Å²) in [5, 5.41) is 11.8. The van der Waals surface area contributed by atoms with Crippen molar-refractivity contribution in [2.45, 2.75) is 219 Å². The highest BCUT2D eigenvalue weighted by molar-refractivity contribution is 5.70. The molecule has 9 heteroatoms. The highest BCUT2D eigenvalue weighted by Crippen LogP contribution is 2.11. The van der Waals surface area contributed by atoms with Crippen LogP contribution < -0.4 is 5.11 Å². The van der Waals surface area contributed by atoms with Gasteiger partial charge in [-0.05, 0) is 167 Å². The molecule has 0 aliphatic carbocycles. The van der Waals surface area contributed by atoms with Gasteiger partial charge in [0.1, 0.15) is 13.2 Å². The number of likely N-dealkylation sites (N-methyl/N-ethyl adjacent to an activating group) is 1. The summed E-state index contributed by atoms with van der Waals surface area (Å²) in [7, 11) is 5.88. The van der Waals surface area contributed by atoms with E-state index in [0.717, 1.165) is 161 Å². The fourth-order valence-corrected chi connectivity index (χ4v) is 8.40. The lowest BCUT2D eigenvalue weighted by Crippen LogP contribution is -2.44. The predicted molar refractivity (Wildman–Crippen MR) is 406 cm³/mol. The van der Waals surface area contributed by atoms with Crippen molar-refractivity contribution in [1.82, 2.24) is 0 Å². The van der Waals surface area contributed by atoms with Gasteiger partial charge < -0.3 is 33.3 Å². The molecule has 0 aliphatic heterocycles. The second-order valence-corrected chi connectivity index (χ2v) is 23.7. The van der Waals surface area contributed by atoms with E-state index in [2.05, 4.69) is 269 Å². The summed E-state index contributed by atoms with van der Waals surface area (Å²) in [6.45, 7) is 4.37. The lowest BCUT2D eigenvalue weighted by molar-refractivity contribution is -0.870. The van der Waals surface area contributed by atoms with Gasteiger partial charge in [0.15, 0.2) is 12.4 Å². The van der Waals surface area contributed by atoms with Gasteiger partial charge in [0.2, 0.25) is 0 Å². The average molecular weight is 1300 g/mol. The molecule has 0 aliphatic rings. The number of carboxylic acids is 1. The Labute approximate surface area is 579 Å². The topological polar surface area (TPSA) is 111 Å². The number of carbonyl (C=O) groups is 3. The Hall–Kier alpha value is -7.17. The van der Waals surface area contributed by atoms with E-state index < -0.39 is 30.3 Å². The lowest BCUT2D eigenvalue weighted by Gasteiger charge is -2.26. The van der Waals surface area contributed by atoms with Gasteiger partial charge in [0.25, 0.3) is 0 Å². The number of hydrogen-bond donors (Lipinski definition) is 0. The Morgan fingerprint density at radius 1 is 0.316 bits per heavy atom. The van der Waals surface area contributed by atoms with Crippen molar-refractivity contribution in [1.29, 1.82) is 0 Å². The van der Waals surface area contributed by atoms with Crippen molar-refractivity contribution in [3.05, 3.63) is 255 Å². The summed E-state index contributed by atoms with van der Waals surface area (Å²) >= 11 is 0. The number of hydrogen-bond acceptors (Lipinski definition) is 8. The maximum absolute atomic E-state index is 12.9. The first-order chi connectivity index (χ1) is 46.6. The van der Waals surface area contributed by atoms with E-state index >= 15 is 0 Å². The van der Waals surface area contributed by atoms with E-state index in [-0.39, 0.29) is 32.7 Å². The molecular weight excluding hydrogens is 1170 g/mol. The largest absolute Gasteiger partial charge is 0.545 e. The Bertz CT molecular complexity index is 2510. The number of esters is 2. The molecule has 0 bridgehead atoms. The van der Waals surface area contributed by atoms with Crippen molar-refractivity contribution in [2.24, 2.45) is 0 Å². The Kier molecular flexibility index (Phi) is 67.2. The minimum Gasteiger partial charge on any atom is -0.545 e. The summed E-state index contributed by atoms with van der Waals surface area (Å²) in [6.07, 6.45) is 116. The van der Waals surface area contributed by atoms with Crippen molar-refractivity contribution in [3.63, 3.8) is 0 Å². The van der Waals surface area contributed by atoms with Crippen molar-refractivity contribution < 1.29 is 42.9 Å². The van der Waals surface area contributed by atoms with E-state index in [9.17, 15) is 19.5 Å². The van der Waals surface area contributed by atoms with Gasteiger partial charge in [0.05, 0.1) is 40.3 Å². The molecule has 0 spiro atoms. The third kappa shape index (κ3) is 74.1. The van der Waals surface area contributed by atoms with Crippen LogP contribution in [0, 0.1) is 0 Å². The average Bonchev–Trinajstić information content (AvgIpc) is 3.54. The van der Waals surface area contributed by atoms with E-state index in [1.165, 1.54) is 0 Å². The van der Waals surface area contributed by atoms with Gasteiger partial charge in [-0.3, -0.25) is 9.59 Å². The number of aliphatic carboxylic acids is 1. The third-order valence-electron chi connectivity index (χ3n) is 13.8. The molecule has 0 aromatic rings. The van der Waals surface area contributed by atoms with Crippen LogP contribution in [-0.4, -0.2) is 82.3 Å². The molecular formula is C86H127NO8. The number of carbonyl (C=O) groups excluding carboxylic acids is 3. The Balaban J connectivity index is 4.36. The molecule has 2 unspecified atom stereocenters. The molecule has 0 rings (SSSR count). The molecule has 0 fully saturated rings. The summed E-state index contributed by atoms with van der Waals surface area (Å²) in [5.41, 5.74) is 0. The fourth-order valence-electron chi connectivity index (χ4n) is 8.40. The minimum atomic E-state index is -1.66. The first-order valence-corrected chi connectivity index (χ1v) is 35.8. The maximum atomic E-state index is 12.9. The Morgan fingerprint density at radius 3 is 0.863 bits per heavy atom. The molecule has 0 aromatic carbocycles. The van der Waals surface area contributed by atoms with Crippen LogP contribution in [0.4, 0.5) is 0 Å². The molecule has 0 N–H and O–H groups in total. The molecule has 95 heavy (non-hydrogen) atoms. The minimum absolute atomic E-state index is 0.118. The van der Waals surface area contributed by atoms with Crippen LogP contribution >= 0.6 is 0 Å². The quantitative estimate of drug-likeness (QED) is 0.0195. The highest BCUT2D eigenvalue weighted by atomic mass is 16.7. The molecule has 0 saturated heterocycles. The summed E-state index contributed by atoms with van der Waals surface area (Å²) < 4.78 is 22.7. The zero-order chi connectivity index (χ0) is 69.0. The standard InChI is InChI=1S/C86H127NO8/c1-6-8-10-12-14-16-18-20-22-24-26-28-30-32-34-36-37-38-39-40-41-42-43-44-45-46-47-49-51-53-55-57-59-61-63-65-67-69-71-73-75-77-84(89)95-82(81-94-86(85(90)91)92-79-78-87(3,4)5)80-93-83(88)76-74-72-70-68-66-64-62-60-58-56-54-52-50-48-35-33-31-29-27-25-23-21-19-17-15-13-11-9-7-2/h8-11,14-17,20-23,26-29,32-35,37-38,40-41,43-44,46-47,50-53,56-59,62-65,68,70,82,86H,6-7,12-13,18-19,24-25,30-31,36,39,42,45,48-49,54-55,60-61,66-67,69,71-81H2,1-5H3/b10-8-,11-9-,16-14-,17-15-,22-20-,23-21-,28-26-,29-27-,34-32-,35-33-,38-37-,41-40-,44-43-,47-46-,52-50-,53-51-,58-56-,59-57-,64-62-,65-63-,70-68-. The highest BCUT2D eigenvalue weighted by Gasteiger charge is 2.22. The second-order valence-electron chi connectivity index (χ2n) is 23.7. The molecule has 0 aromatic heterocycles. The summed E-state index contributed by atoms with van der Waals surface area (Å²) in [6, 6.07) is 0. The molecule has 0 saturated carbocycles. The first-order valence-electron chi connectivity index (χ1n) is 35.8. The fraction of sp³-hybridized carbons (Fsp3) is 0.477. The van der Waals surface area contributed by atoms with Crippen LogP contribution in [0.5, 0.6) is 0 Å². The van der Waals surface area contributed by atoms with E-state index in [0.29, 0.717) is 30.3 Å². The molecule has 0 radical (unpaired) electrons. The number of quaternary nitrogens is 1. The number of rotatable bonds is 62. The van der Waals surface area contributed by atoms with Crippen LogP contribution in [0.25, 0.3) is 0 Å². The molecule has 9 nitrogen and oxygen atoms in total. The summed E-state index contributed by atoms with van der Waals surface area (Å²) in [5.74, 6) is -2.44. The monoisotopic (exact) mass is 1300 g/mol. The van der Waals surface area contributed by atoms with Crippen LogP contribution in [0.3, 0.4) is 0 Å². The van der Waals surface area contributed by atoms with Crippen molar-refractivity contribution >= 4 is 17.9 Å². The number of carboxylic acid groups (broad SMARTS) is 1. The van der Waals surface area contributed by atoms with E-state index in [1.807, 2.05) is 21.1 Å². The number of nitrogens with zero attached hydrogens (tertiary/aromatic N) is 1. The van der Waals surface area contributed by atoms with Crippen molar-refractivity contribution in [2.75, 3.05) is 47.5 Å². The lowest BCUT2D eigenvalue weighted by atomic mass is 10.1. The van der Waals surface area contributed by atoms with E-state index in [1.54, 1.807) is 0 Å². The van der Waals surface area contributed by atoms with Gasteiger partial charge >= 0.3 is 11.9 Å². The van der Waals surface area contributed by atoms with Crippen LogP contribution in [0.15, 0.2) is 255 Å². The number of ether oxygens (including phenoxy) is 4. The van der Waals surface area contributed by atoms with Gasteiger partial charge in [-0.1, -0.05) is 282 Å². The van der Waals surface area contributed by atoms with Crippen LogP contribution in [-0.2, 0) is 33.3 Å². The smallest absolute Gasteiger partial charge is 0.306 e. The van der Waals surface area contributed by atoms with Crippen molar-refractivity contribution in [3.8, 4) is 0 Å². The van der Waals surface area contributed by atoms with Gasteiger partial charge in [-0.15, -0.1) is 0 Å². The van der Waals surface area contributed by atoms with Gasteiger partial charge in [0, 0.05) is 12.8 Å². The third-order valence-corrected chi connectivity index (χ3v) is 13.8. The van der Waals surface area contributed by atoms with E-state index in [4.69, 9.17) is 18.9 Å². The number of unbranched alkanes of at least 4 members (excludes halogenated alkanes) is 5. The Morgan fingerprint density at radius 2 is 0.579 bits per heavy atom.